The minimum absolute atomic E-state index is 0.415. The summed E-state index contributed by atoms with van der Waals surface area (Å²) < 4.78 is 0.975. The van der Waals surface area contributed by atoms with Crippen molar-refractivity contribution in [2.45, 2.75) is 13.0 Å². The first kappa shape index (κ1) is 13.0. The van der Waals surface area contributed by atoms with Crippen LogP contribution in [0.1, 0.15) is 17.4 Å². The second-order valence-corrected chi connectivity index (χ2v) is 4.80. The van der Waals surface area contributed by atoms with Crippen molar-refractivity contribution < 1.29 is 5.11 Å². The normalized spacial score (nSPS) is 12.2. The van der Waals surface area contributed by atoms with E-state index in [2.05, 4.69) is 31.2 Å². The molecule has 5 heteroatoms. The first-order valence-electron chi connectivity index (χ1n) is 5.62. The number of halogens is 1. The summed E-state index contributed by atoms with van der Waals surface area (Å²) in [4.78, 5) is 8.28. The molecular formula is C13H14BrN3O. The lowest BCUT2D eigenvalue weighted by Crippen LogP contribution is -2.13. The van der Waals surface area contributed by atoms with Crippen LogP contribution in [0.3, 0.4) is 0 Å². The van der Waals surface area contributed by atoms with Crippen LogP contribution in [-0.2, 0) is 0 Å². The van der Waals surface area contributed by atoms with Crippen molar-refractivity contribution in [1.82, 2.24) is 9.97 Å². The Hall–Kier alpha value is -1.46. The quantitative estimate of drug-likeness (QED) is 0.912. The number of nitrogens with one attached hydrogen (secondary N) is 1. The Morgan fingerprint density at radius 3 is 2.67 bits per heavy atom. The average Bonchev–Trinajstić information content (AvgIpc) is 2.41. The Morgan fingerprint density at radius 2 is 2.00 bits per heavy atom. The number of aryl methyl sites for hydroxylation is 1. The molecule has 0 amide bonds. The Morgan fingerprint density at radius 1 is 1.28 bits per heavy atom. The van der Waals surface area contributed by atoms with Crippen LogP contribution in [0.4, 0.5) is 5.82 Å². The Labute approximate surface area is 114 Å². The van der Waals surface area contributed by atoms with Crippen molar-refractivity contribution in [2.75, 3.05) is 11.9 Å². The lowest BCUT2D eigenvalue weighted by Gasteiger charge is -2.12. The fraction of sp³-hybridized carbons (Fsp3) is 0.231. The summed E-state index contributed by atoms with van der Waals surface area (Å²) in [5.41, 5.74) is 1.75. The molecular weight excluding hydrogens is 294 g/mol. The molecule has 2 rings (SSSR count). The third kappa shape index (κ3) is 3.27. The molecule has 2 aromatic heterocycles. The minimum Gasteiger partial charge on any atom is -0.387 e. The standard InChI is InChI=1S/C13H14BrN3O/c1-9-11(14)2-3-13(17-9)16-8-12(18)10-4-6-15-7-5-10/h2-7,12,18H,8H2,1H3,(H,16,17). The average molecular weight is 308 g/mol. The number of nitrogens with zero attached hydrogens (tertiary/aromatic N) is 2. The fourth-order valence-electron chi connectivity index (χ4n) is 1.55. The first-order valence-corrected chi connectivity index (χ1v) is 6.41. The number of hydrogen-bond donors (Lipinski definition) is 2. The van der Waals surface area contributed by atoms with Gasteiger partial charge in [-0.05, 0) is 52.7 Å². The van der Waals surface area contributed by atoms with E-state index >= 15 is 0 Å². The van der Waals surface area contributed by atoms with Crippen LogP contribution in [0.15, 0.2) is 41.1 Å². The molecule has 0 spiro atoms. The van der Waals surface area contributed by atoms with Gasteiger partial charge < -0.3 is 10.4 Å². The molecule has 1 atom stereocenters. The monoisotopic (exact) mass is 307 g/mol. The van der Waals surface area contributed by atoms with E-state index in [1.54, 1.807) is 24.5 Å². The van der Waals surface area contributed by atoms with Gasteiger partial charge in [-0.2, -0.15) is 0 Å². The SMILES string of the molecule is Cc1nc(NCC(O)c2ccncc2)ccc1Br. The van der Waals surface area contributed by atoms with E-state index in [0.29, 0.717) is 6.54 Å². The third-order valence-electron chi connectivity index (χ3n) is 2.59. The zero-order valence-electron chi connectivity index (χ0n) is 9.97. The van der Waals surface area contributed by atoms with Gasteiger partial charge >= 0.3 is 0 Å². The molecule has 0 aliphatic heterocycles. The van der Waals surface area contributed by atoms with Gasteiger partial charge in [0.25, 0.3) is 0 Å². The Bertz CT molecular complexity index is 519. The topological polar surface area (TPSA) is 58.0 Å². The number of aliphatic hydroxyl groups is 1. The molecule has 1 unspecified atom stereocenters. The molecule has 94 valence electrons. The largest absolute Gasteiger partial charge is 0.387 e. The highest BCUT2D eigenvalue weighted by molar-refractivity contribution is 9.10. The minimum atomic E-state index is -0.571. The lowest BCUT2D eigenvalue weighted by atomic mass is 10.1. The van der Waals surface area contributed by atoms with Gasteiger partial charge in [0, 0.05) is 23.4 Å². The highest BCUT2D eigenvalue weighted by Crippen LogP contribution is 2.17. The molecule has 0 aliphatic carbocycles. The van der Waals surface area contributed by atoms with Crippen molar-refractivity contribution in [3.05, 3.63) is 52.4 Å². The van der Waals surface area contributed by atoms with Gasteiger partial charge in [0.2, 0.25) is 0 Å². The number of hydrogen-bond acceptors (Lipinski definition) is 4. The van der Waals surface area contributed by atoms with E-state index in [1.165, 1.54) is 0 Å². The van der Waals surface area contributed by atoms with Crippen molar-refractivity contribution in [2.24, 2.45) is 0 Å². The zero-order valence-corrected chi connectivity index (χ0v) is 11.6. The third-order valence-corrected chi connectivity index (χ3v) is 3.43. The molecule has 0 radical (unpaired) electrons. The van der Waals surface area contributed by atoms with Crippen molar-refractivity contribution in [3.63, 3.8) is 0 Å². The molecule has 0 saturated heterocycles. The molecule has 0 fully saturated rings. The summed E-state index contributed by atoms with van der Waals surface area (Å²) in [5, 5.41) is 13.1. The van der Waals surface area contributed by atoms with E-state index in [-0.39, 0.29) is 0 Å². The van der Waals surface area contributed by atoms with E-state index in [4.69, 9.17) is 0 Å². The molecule has 18 heavy (non-hydrogen) atoms. The van der Waals surface area contributed by atoms with Crippen molar-refractivity contribution in [1.29, 1.82) is 0 Å². The van der Waals surface area contributed by atoms with Crippen LogP contribution in [0.5, 0.6) is 0 Å². The molecule has 2 heterocycles. The molecule has 0 saturated carbocycles. The number of pyridine rings is 2. The van der Waals surface area contributed by atoms with Crippen LogP contribution in [0, 0.1) is 6.92 Å². The predicted molar refractivity (Wildman–Crippen MR) is 74.4 cm³/mol. The fourth-order valence-corrected chi connectivity index (χ4v) is 1.77. The molecule has 0 aliphatic rings. The summed E-state index contributed by atoms with van der Waals surface area (Å²) in [7, 11) is 0. The second-order valence-electron chi connectivity index (χ2n) is 3.94. The highest BCUT2D eigenvalue weighted by Gasteiger charge is 2.07. The summed E-state index contributed by atoms with van der Waals surface area (Å²) in [6.07, 6.45) is 2.76. The summed E-state index contributed by atoms with van der Waals surface area (Å²) in [6, 6.07) is 7.40. The molecule has 0 aromatic carbocycles. The summed E-state index contributed by atoms with van der Waals surface area (Å²) in [6.45, 7) is 2.34. The van der Waals surface area contributed by atoms with E-state index in [9.17, 15) is 5.11 Å². The first-order chi connectivity index (χ1) is 8.66. The predicted octanol–water partition coefficient (Wildman–Crippen LogP) is 2.69. The van der Waals surface area contributed by atoms with Gasteiger partial charge in [0.1, 0.15) is 5.82 Å². The second kappa shape index (κ2) is 5.93. The van der Waals surface area contributed by atoms with Crippen molar-refractivity contribution >= 4 is 21.7 Å². The molecule has 4 nitrogen and oxygen atoms in total. The van der Waals surface area contributed by atoms with Crippen molar-refractivity contribution in [3.8, 4) is 0 Å². The highest BCUT2D eigenvalue weighted by atomic mass is 79.9. The smallest absolute Gasteiger partial charge is 0.126 e. The maximum atomic E-state index is 9.98. The maximum absolute atomic E-state index is 9.98. The van der Waals surface area contributed by atoms with E-state index in [1.807, 2.05) is 19.1 Å². The van der Waals surface area contributed by atoms with Gasteiger partial charge in [0.05, 0.1) is 11.8 Å². The molecule has 0 bridgehead atoms. The Balaban J connectivity index is 1.97. The number of aromatic nitrogens is 2. The Kier molecular flexibility index (Phi) is 4.28. The van der Waals surface area contributed by atoms with Crippen LogP contribution < -0.4 is 5.32 Å². The van der Waals surface area contributed by atoms with Gasteiger partial charge in [-0.15, -0.1) is 0 Å². The maximum Gasteiger partial charge on any atom is 0.126 e. The van der Waals surface area contributed by atoms with Gasteiger partial charge in [-0.3, -0.25) is 4.98 Å². The van der Waals surface area contributed by atoms with Crippen LogP contribution in [0.25, 0.3) is 0 Å². The van der Waals surface area contributed by atoms with Gasteiger partial charge in [-0.25, -0.2) is 4.98 Å². The number of rotatable bonds is 4. The number of aliphatic hydroxyl groups excluding tert-OH is 1. The molecule has 2 N–H and O–H groups in total. The zero-order chi connectivity index (χ0) is 13.0. The van der Waals surface area contributed by atoms with Crippen LogP contribution >= 0.6 is 15.9 Å². The molecule has 2 aromatic rings. The van der Waals surface area contributed by atoms with Gasteiger partial charge in [0.15, 0.2) is 0 Å². The summed E-state index contributed by atoms with van der Waals surface area (Å²) >= 11 is 3.40. The number of anilines is 1. The lowest BCUT2D eigenvalue weighted by molar-refractivity contribution is 0.191. The summed E-state index contributed by atoms with van der Waals surface area (Å²) in [5.74, 6) is 0.754. The van der Waals surface area contributed by atoms with E-state index < -0.39 is 6.10 Å². The van der Waals surface area contributed by atoms with Gasteiger partial charge in [-0.1, -0.05) is 0 Å². The van der Waals surface area contributed by atoms with Crippen LogP contribution in [-0.4, -0.2) is 21.6 Å². The van der Waals surface area contributed by atoms with E-state index in [0.717, 1.165) is 21.5 Å². The van der Waals surface area contributed by atoms with Crippen LogP contribution in [0.2, 0.25) is 0 Å².